The summed E-state index contributed by atoms with van der Waals surface area (Å²) in [7, 11) is 1.64. The van der Waals surface area contributed by atoms with E-state index in [0.717, 1.165) is 16.9 Å². The minimum absolute atomic E-state index is 0.251. The third kappa shape index (κ3) is 5.04. The summed E-state index contributed by atoms with van der Waals surface area (Å²) in [5.41, 5.74) is 3.52. The summed E-state index contributed by atoms with van der Waals surface area (Å²) < 4.78 is 5.33. The second-order valence-corrected chi connectivity index (χ2v) is 6.14. The Bertz CT molecular complexity index is 893. The highest BCUT2D eigenvalue weighted by Gasteiger charge is 2.08. The molecule has 6 heteroatoms. The van der Waals surface area contributed by atoms with Gasteiger partial charge in [-0.3, -0.25) is 4.79 Å². The highest BCUT2D eigenvalue weighted by molar-refractivity contribution is 5.92. The smallest absolute Gasteiger partial charge is 0.272 e. The molecule has 0 fully saturated rings. The number of carbonyl (C=O) groups is 1. The fourth-order valence-electron chi connectivity index (χ4n) is 2.56. The molecular weight excluding hydrogens is 340 g/mol. The Morgan fingerprint density at radius 1 is 0.963 bits per heavy atom. The Balaban J connectivity index is 1.54. The van der Waals surface area contributed by atoms with E-state index in [1.807, 2.05) is 55.5 Å². The quantitative estimate of drug-likeness (QED) is 0.674. The predicted octanol–water partition coefficient (Wildman–Crippen LogP) is 3.34. The molecule has 2 N–H and O–H groups in total. The van der Waals surface area contributed by atoms with Crippen LogP contribution in [0, 0.1) is 6.92 Å². The van der Waals surface area contributed by atoms with Crippen LogP contribution in [0.3, 0.4) is 0 Å². The highest BCUT2D eigenvalue weighted by atomic mass is 16.5. The number of amides is 1. The SMILES string of the molecule is COc1ccccc1CNc1ccc(C(=O)NCc2ccc(C)cc2)nn1. The van der Waals surface area contributed by atoms with Crippen LogP contribution in [0.5, 0.6) is 5.75 Å². The van der Waals surface area contributed by atoms with Gasteiger partial charge in [-0.25, -0.2) is 0 Å². The first-order valence-corrected chi connectivity index (χ1v) is 8.69. The number of nitrogens with zero attached hydrogens (tertiary/aromatic N) is 2. The van der Waals surface area contributed by atoms with Crippen molar-refractivity contribution in [1.29, 1.82) is 0 Å². The van der Waals surface area contributed by atoms with Crippen LogP contribution in [-0.2, 0) is 13.1 Å². The maximum absolute atomic E-state index is 12.2. The molecule has 27 heavy (non-hydrogen) atoms. The van der Waals surface area contributed by atoms with Crippen LogP contribution in [0.15, 0.2) is 60.7 Å². The highest BCUT2D eigenvalue weighted by Crippen LogP contribution is 2.18. The van der Waals surface area contributed by atoms with Gasteiger partial charge in [-0.15, -0.1) is 10.2 Å². The lowest BCUT2D eigenvalue weighted by Gasteiger charge is -2.10. The van der Waals surface area contributed by atoms with Crippen LogP contribution in [-0.4, -0.2) is 23.2 Å². The van der Waals surface area contributed by atoms with Crippen LogP contribution in [0.4, 0.5) is 5.82 Å². The van der Waals surface area contributed by atoms with Gasteiger partial charge >= 0.3 is 0 Å². The zero-order valence-electron chi connectivity index (χ0n) is 15.4. The van der Waals surface area contributed by atoms with Crippen LogP contribution >= 0.6 is 0 Å². The number of hydrogen-bond acceptors (Lipinski definition) is 5. The van der Waals surface area contributed by atoms with Gasteiger partial charge in [-0.05, 0) is 30.7 Å². The third-order valence-electron chi connectivity index (χ3n) is 4.12. The summed E-state index contributed by atoms with van der Waals surface area (Å²) in [6.45, 7) is 3.04. The molecule has 0 spiro atoms. The number of aromatic nitrogens is 2. The number of anilines is 1. The standard InChI is InChI=1S/C21H22N4O2/c1-15-7-9-16(10-8-15)13-23-21(26)18-11-12-20(25-24-18)22-14-17-5-3-4-6-19(17)27-2/h3-12H,13-14H2,1-2H3,(H,22,25)(H,23,26). The zero-order chi connectivity index (χ0) is 19.1. The van der Waals surface area contributed by atoms with E-state index in [1.165, 1.54) is 5.56 Å². The molecule has 0 aliphatic rings. The molecule has 3 aromatic rings. The van der Waals surface area contributed by atoms with Gasteiger partial charge in [0.25, 0.3) is 5.91 Å². The van der Waals surface area contributed by atoms with Gasteiger partial charge in [-0.2, -0.15) is 0 Å². The van der Waals surface area contributed by atoms with E-state index in [9.17, 15) is 4.79 Å². The first-order chi connectivity index (χ1) is 13.2. The van der Waals surface area contributed by atoms with E-state index in [4.69, 9.17) is 4.74 Å². The third-order valence-corrected chi connectivity index (χ3v) is 4.12. The molecule has 0 bridgehead atoms. The molecule has 1 amide bonds. The maximum atomic E-state index is 12.2. The zero-order valence-corrected chi connectivity index (χ0v) is 15.4. The molecule has 0 saturated heterocycles. The monoisotopic (exact) mass is 362 g/mol. The minimum Gasteiger partial charge on any atom is -0.496 e. The van der Waals surface area contributed by atoms with Crippen molar-refractivity contribution in [2.75, 3.05) is 12.4 Å². The van der Waals surface area contributed by atoms with Crippen LogP contribution in [0.1, 0.15) is 27.2 Å². The molecule has 1 aromatic heterocycles. The van der Waals surface area contributed by atoms with Crippen molar-refractivity contribution in [2.24, 2.45) is 0 Å². The molecule has 0 saturated carbocycles. The van der Waals surface area contributed by atoms with Crippen molar-refractivity contribution in [3.63, 3.8) is 0 Å². The molecule has 0 radical (unpaired) electrons. The number of para-hydroxylation sites is 1. The van der Waals surface area contributed by atoms with Crippen LogP contribution < -0.4 is 15.4 Å². The Labute approximate surface area is 158 Å². The van der Waals surface area contributed by atoms with E-state index in [0.29, 0.717) is 18.9 Å². The summed E-state index contributed by atoms with van der Waals surface area (Å²) in [6.07, 6.45) is 0. The van der Waals surface area contributed by atoms with Gasteiger partial charge in [0.05, 0.1) is 7.11 Å². The molecule has 1 heterocycles. The molecule has 0 aliphatic carbocycles. The first-order valence-electron chi connectivity index (χ1n) is 8.69. The average Bonchev–Trinajstić information content (AvgIpc) is 2.72. The summed E-state index contributed by atoms with van der Waals surface area (Å²) in [6, 6.07) is 19.2. The number of methoxy groups -OCH3 is 1. The van der Waals surface area contributed by atoms with Crippen LogP contribution in [0.2, 0.25) is 0 Å². The van der Waals surface area contributed by atoms with E-state index in [2.05, 4.69) is 20.8 Å². The predicted molar refractivity (Wildman–Crippen MR) is 105 cm³/mol. The molecule has 2 aromatic carbocycles. The summed E-state index contributed by atoms with van der Waals surface area (Å²) in [4.78, 5) is 12.2. The van der Waals surface area contributed by atoms with Gasteiger partial charge in [0.2, 0.25) is 0 Å². The van der Waals surface area contributed by atoms with E-state index < -0.39 is 0 Å². The number of rotatable bonds is 7. The summed E-state index contributed by atoms with van der Waals surface area (Å²) in [5.74, 6) is 1.15. The largest absolute Gasteiger partial charge is 0.496 e. The first kappa shape index (κ1) is 18.4. The van der Waals surface area contributed by atoms with Gasteiger partial charge < -0.3 is 15.4 Å². The second kappa shape index (κ2) is 8.80. The van der Waals surface area contributed by atoms with Crippen molar-refractivity contribution in [3.8, 4) is 5.75 Å². The number of nitrogens with one attached hydrogen (secondary N) is 2. The molecule has 138 valence electrons. The fourth-order valence-corrected chi connectivity index (χ4v) is 2.56. The van der Waals surface area contributed by atoms with Crippen molar-refractivity contribution in [3.05, 3.63) is 83.0 Å². The van der Waals surface area contributed by atoms with Crippen molar-refractivity contribution < 1.29 is 9.53 Å². The summed E-state index contributed by atoms with van der Waals surface area (Å²) in [5, 5.41) is 14.1. The topological polar surface area (TPSA) is 76.1 Å². The molecular formula is C21H22N4O2. The summed E-state index contributed by atoms with van der Waals surface area (Å²) >= 11 is 0. The number of ether oxygens (including phenoxy) is 1. The molecule has 0 atom stereocenters. The number of aryl methyl sites for hydroxylation is 1. The van der Waals surface area contributed by atoms with Crippen molar-refractivity contribution in [2.45, 2.75) is 20.0 Å². The number of benzene rings is 2. The van der Waals surface area contributed by atoms with E-state index >= 15 is 0 Å². The molecule has 6 nitrogen and oxygen atoms in total. The Morgan fingerprint density at radius 2 is 1.74 bits per heavy atom. The normalized spacial score (nSPS) is 10.3. The lowest BCUT2D eigenvalue weighted by Crippen LogP contribution is -2.24. The van der Waals surface area contributed by atoms with E-state index in [-0.39, 0.29) is 11.6 Å². The van der Waals surface area contributed by atoms with Gasteiger partial charge in [0.1, 0.15) is 11.6 Å². The molecule has 0 aliphatic heterocycles. The minimum atomic E-state index is -0.251. The average molecular weight is 362 g/mol. The molecule has 0 unspecified atom stereocenters. The van der Waals surface area contributed by atoms with Gasteiger partial charge in [0, 0.05) is 18.7 Å². The van der Waals surface area contributed by atoms with E-state index in [1.54, 1.807) is 19.2 Å². The van der Waals surface area contributed by atoms with Crippen LogP contribution in [0.25, 0.3) is 0 Å². The second-order valence-electron chi connectivity index (χ2n) is 6.14. The number of hydrogen-bond donors (Lipinski definition) is 2. The maximum Gasteiger partial charge on any atom is 0.272 e. The Hall–Kier alpha value is -3.41. The lowest BCUT2D eigenvalue weighted by atomic mass is 10.1. The van der Waals surface area contributed by atoms with Gasteiger partial charge in [-0.1, -0.05) is 48.0 Å². The van der Waals surface area contributed by atoms with Crippen molar-refractivity contribution in [1.82, 2.24) is 15.5 Å². The Morgan fingerprint density at radius 3 is 2.44 bits per heavy atom. The molecule has 3 rings (SSSR count). The fraction of sp³-hybridized carbons (Fsp3) is 0.190. The van der Waals surface area contributed by atoms with Crippen molar-refractivity contribution >= 4 is 11.7 Å². The lowest BCUT2D eigenvalue weighted by molar-refractivity contribution is 0.0945. The number of carbonyl (C=O) groups excluding carboxylic acids is 1. The Kier molecular flexibility index (Phi) is 5.99. The van der Waals surface area contributed by atoms with Gasteiger partial charge in [0.15, 0.2) is 5.69 Å².